The van der Waals surface area contributed by atoms with E-state index >= 15 is 0 Å². The monoisotopic (exact) mass is 332 g/mol. The van der Waals surface area contributed by atoms with Gasteiger partial charge in [-0.05, 0) is 62.5 Å². The Morgan fingerprint density at radius 3 is 2.79 bits per heavy atom. The maximum atomic E-state index is 14.7. The molecule has 0 spiro atoms. The molecule has 4 heteroatoms. The van der Waals surface area contributed by atoms with Gasteiger partial charge < -0.3 is 9.47 Å². The summed E-state index contributed by atoms with van der Waals surface area (Å²) < 4.78 is 25.9. The molecule has 1 saturated carbocycles. The van der Waals surface area contributed by atoms with Crippen molar-refractivity contribution in [3.8, 4) is 11.5 Å². The zero-order valence-electron chi connectivity index (χ0n) is 14.2. The average Bonchev–Trinajstić information content (AvgIpc) is 2.58. The Labute approximate surface area is 142 Å². The van der Waals surface area contributed by atoms with Crippen LogP contribution in [0.4, 0.5) is 4.39 Å². The van der Waals surface area contributed by atoms with Crippen LogP contribution >= 0.6 is 0 Å². The second-order valence-corrected chi connectivity index (χ2v) is 7.05. The second kappa shape index (κ2) is 7.37. The molecule has 1 aliphatic carbocycles. The highest BCUT2D eigenvalue weighted by atomic mass is 19.1. The summed E-state index contributed by atoms with van der Waals surface area (Å²) in [7, 11) is 0. The van der Waals surface area contributed by atoms with Crippen molar-refractivity contribution >= 4 is 5.97 Å². The lowest BCUT2D eigenvalue weighted by Crippen LogP contribution is -2.29. The highest BCUT2D eigenvalue weighted by Gasteiger charge is 2.31. The van der Waals surface area contributed by atoms with E-state index in [1.165, 1.54) is 0 Å². The number of esters is 1. The van der Waals surface area contributed by atoms with Gasteiger partial charge in [0.05, 0.1) is 12.0 Å². The zero-order chi connectivity index (χ0) is 17.1. The van der Waals surface area contributed by atoms with Gasteiger partial charge in [0, 0.05) is 0 Å². The minimum absolute atomic E-state index is 0.0494. The topological polar surface area (TPSA) is 35.5 Å². The molecule has 3 nitrogen and oxygen atoms in total. The molecule has 0 aromatic heterocycles. The Hall–Kier alpha value is -1.84. The summed E-state index contributed by atoms with van der Waals surface area (Å²) in [5.41, 5.74) is 0.741. The molecule has 1 heterocycles. The Bertz CT molecular complexity index is 618. The Kier molecular flexibility index (Phi) is 5.22. The van der Waals surface area contributed by atoms with Crippen LogP contribution in [0.15, 0.2) is 24.8 Å². The van der Waals surface area contributed by atoms with Gasteiger partial charge in [-0.1, -0.05) is 19.1 Å². The van der Waals surface area contributed by atoms with E-state index in [-0.39, 0.29) is 29.5 Å². The predicted octanol–water partition coefficient (Wildman–Crippen LogP) is 4.83. The van der Waals surface area contributed by atoms with E-state index in [9.17, 15) is 9.18 Å². The van der Waals surface area contributed by atoms with E-state index in [0.29, 0.717) is 18.8 Å². The molecule has 24 heavy (non-hydrogen) atoms. The first kappa shape index (κ1) is 17.0. The largest absolute Gasteiger partial charge is 0.487 e. The number of fused-ring (bicyclic) bond motifs is 1. The number of halogens is 1. The average molecular weight is 332 g/mol. The summed E-state index contributed by atoms with van der Waals surface area (Å²) in [6, 6.07) is 3.50. The van der Waals surface area contributed by atoms with Gasteiger partial charge in [0.15, 0.2) is 11.5 Å². The normalized spacial score (nSPS) is 26.4. The van der Waals surface area contributed by atoms with Gasteiger partial charge in [-0.3, -0.25) is 4.79 Å². The molecular weight excluding hydrogens is 307 g/mol. The van der Waals surface area contributed by atoms with Crippen LogP contribution in [0.25, 0.3) is 0 Å². The molecule has 1 fully saturated rings. The quantitative estimate of drug-likeness (QED) is 0.440. The van der Waals surface area contributed by atoms with Crippen LogP contribution < -0.4 is 9.47 Å². The summed E-state index contributed by atoms with van der Waals surface area (Å²) in [6.07, 6.45) is 7.89. The standard InChI is InChI=1S/C20H25FO3/c1-3-4-5-15-12-14-8-11-17(18(21)19(14)24-20(15)22)23-16-9-6-13(2)7-10-16/h3,8,11,13,15-16H,1,4-7,9-10,12H2,2H3. The number of benzene rings is 1. The van der Waals surface area contributed by atoms with E-state index in [1.807, 2.05) is 6.07 Å². The molecule has 1 aromatic carbocycles. The molecule has 0 radical (unpaired) electrons. The molecule has 0 bridgehead atoms. The third-order valence-corrected chi connectivity index (χ3v) is 5.12. The predicted molar refractivity (Wildman–Crippen MR) is 90.7 cm³/mol. The maximum Gasteiger partial charge on any atom is 0.314 e. The zero-order valence-corrected chi connectivity index (χ0v) is 14.2. The van der Waals surface area contributed by atoms with Crippen LogP contribution in [0.1, 0.15) is 51.0 Å². The lowest BCUT2D eigenvalue weighted by molar-refractivity contribution is -0.140. The van der Waals surface area contributed by atoms with Crippen LogP contribution in [0, 0.1) is 17.7 Å². The van der Waals surface area contributed by atoms with E-state index in [1.54, 1.807) is 12.1 Å². The summed E-state index contributed by atoms with van der Waals surface area (Å²) in [5.74, 6) is -0.149. The van der Waals surface area contributed by atoms with Crippen LogP contribution in [0.5, 0.6) is 11.5 Å². The van der Waals surface area contributed by atoms with Crippen LogP contribution in [0.2, 0.25) is 0 Å². The smallest absolute Gasteiger partial charge is 0.314 e. The van der Waals surface area contributed by atoms with Crippen molar-refractivity contribution in [2.24, 2.45) is 11.8 Å². The highest BCUT2D eigenvalue weighted by molar-refractivity contribution is 5.78. The number of carbonyl (C=O) groups excluding carboxylic acids is 1. The van der Waals surface area contributed by atoms with Gasteiger partial charge >= 0.3 is 5.97 Å². The van der Waals surface area contributed by atoms with Gasteiger partial charge in [0.2, 0.25) is 5.82 Å². The third kappa shape index (κ3) is 3.63. The SMILES string of the molecule is C=CCCC1Cc2ccc(OC3CCC(C)CC3)c(F)c2OC1=O. The molecular formula is C20H25FO3. The molecule has 1 unspecified atom stereocenters. The van der Waals surface area contributed by atoms with Crippen molar-refractivity contribution in [2.75, 3.05) is 0 Å². The fourth-order valence-corrected chi connectivity index (χ4v) is 3.54. The van der Waals surface area contributed by atoms with E-state index in [0.717, 1.165) is 37.7 Å². The van der Waals surface area contributed by atoms with Gasteiger partial charge in [0.1, 0.15) is 0 Å². The fourth-order valence-electron chi connectivity index (χ4n) is 3.54. The van der Waals surface area contributed by atoms with Gasteiger partial charge in [-0.15, -0.1) is 6.58 Å². The Morgan fingerprint density at radius 1 is 1.33 bits per heavy atom. The number of allylic oxidation sites excluding steroid dienone is 1. The first-order valence-corrected chi connectivity index (χ1v) is 8.89. The number of hydrogen-bond donors (Lipinski definition) is 0. The number of carbonyl (C=O) groups is 1. The molecule has 0 N–H and O–H groups in total. The first-order valence-electron chi connectivity index (χ1n) is 8.89. The molecule has 1 aromatic rings. The minimum Gasteiger partial charge on any atom is -0.487 e. The fraction of sp³-hybridized carbons (Fsp3) is 0.550. The van der Waals surface area contributed by atoms with Crippen LogP contribution in [0.3, 0.4) is 0 Å². The summed E-state index contributed by atoms with van der Waals surface area (Å²) in [4.78, 5) is 12.1. The van der Waals surface area contributed by atoms with Gasteiger partial charge in [-0.25, -0.2) is 0 Å². The number of ether oxygens (including phenoxy) is 2. The number of rotatable bonds is 5. The molecule has 1 aliphatic heterocycles. The van der Waals surface area contributed by atoms with Gasteiger partial charge in [-0.2, -0.15) is 4.39 Å². The van der Waals surface area contributed by atoms with E-state index < -0.39 is 5.82 Å². The van der Waals surface area contributed by atoms with E-state index in [2.05, 4.69) is 13.5 Å². The second-order valence-electron chi connectivity index (χ2n) is 7.05. The van der Waals surface area contributed by atoms with Crippen molar-refractivity contribution in [3.63, 3.8) is 0 Å². The van der Waals surface area contributed by atoms with Crippen LogP contribution in [-0.4, -0.2) is 12.1 Å². The van der Waals surface area contributed by atoms with Crippen molar-refractivity contribution in [3.05, 3.63) is 36.2 Å². The lowest BCUT2D eigenvalue weighted by atomic mass is 9.89. The van der Waals surface area contributed by atoms with Crippen molar-refractivity contribution in [1.82, 2.24) is 0 Å². The molecule has 1 atom stereocenters. The Morgan fingerprint density at radius 2 is 2.08 bits per heavy atom. The van der Waals surface area contributed by atoms with E-state index in [4.69, 9.17) is 9.47 Å². The van der Waals surface area contributed by atoms with Crippen molar-refractivity contribution in [1.29, 1.82) is 0 Å². The summed E-state index contributed by atoms with van der Waals surface area (Å²) in [5, 5.41) is 0. The summed E-state index contributed by atoms with van der Waals surface area (Å²) >= 11 is 0. The molecule has 0 amide bonds. The first-order chi connectivity index (χ1) is 11.6. The molecule has 0 saturated heterocycles. The summed E-state index contributed by atoms with van der Waals surface area (Å²) in [6.45, 7) is 5.91. The number of hydrogen-bond acceptors (Lipinski definition) is 3. The van der Waals surface area contributed by atoms with Crippen molar-refractivity contribution < 1.29 is 18.7 Å². The van der Waals surface area contributed by atoms with Gasteiger partial charge in [0.25, 0.3) is 0 Å². The highest BCUT2D eigenvalue weighted by Crippen LogP contribution is 2.38. The van der Waals surface area contributed by atoms with Crippen molar-refractivity contribution in [2.45, 2.75) is 58.0 Å². The minimum atomic E-state index is -0.540. The Balaban J connectivity index is 1.73. The van der Waals surface area contributed by atoms with Crippen LogP contribution in [-0.2, 0) is 11.2 Å². The molecule has 130 valence electrons. The maximum absolute atomic E-state index is 14.7. The molecule has 2 aliphatic rings. The molecule has 3 rings (SSSR count). The lowest BCUT2D eigenvalue weighted by Gasteiger charge is -2.28. The third-order valence-electron chi connectivity index (χ3n) is 5.12.